The van der Waals surface area contributed by atoms with Crippen molar-refractivity contribution in [1.29, 1.82) is 0 Å². The van der Waals surface area contributed by atoms with Crippen LogP contribution < -0.4 is 9.47 Å². The molecule has 0 aliphatic carbocycles. The minimum atomic E-state index is 0.0210. The van der Waals surface area contributed by atoms with Crippen LogP contribution in [0.15, 0.2) is 53.4 Å². The Kier molecular flexibility index (Phi) is 7.01. The number of ether oxygens (including phenoxy) is 2. The molecule has 0 aliphatic rings. The Labute approximate surface area is 142 Å². The number of carbonyl (C=O) groups is 1. The van der Waals surface area contributed by atoms with Crippen LogP contribution in [0.1, 0.15) is 36.5 Å². The maximum atomic E-state index is 12.3. The van der Waals surface area contributed by atoms with Crippen LogP contribution in [0.3, 0.4) is 0 Å². The first-order chi connectivity index (χ1) is 11.2. The van der Waals surface area contributed by atoms with Crippen LogP contribution in [0.25, 0.3) is 0 Å². The molecule has 122 valence electrons. The summed E-state index contributed by atoms with van der Waals surface area (Å²) in [7, 11) is 1.62. The van der Waals surface area contributed by atoms with E-state index in [0.717, 1.165) is 29.4 Å². The highest BCUT2D eigenvalue weighted by Crippen LogP contribution is 2.25. The third-order valence-electron chi connectivity index (χ3n) is 3.38. The van der Waals surface area contributed by atoms with Crippen LogP contribution in [-0.4, -0.2) is 18.8 Å². The molecule has 4 heteroatoms. The van der Waals surface area contributed by atoms with Gasteiger partial charge in [-0.1, -0.05) is 19.8 Å². The van der Waals surface area contributed by atoms with Crippen molar-refractivity contribution in [3.63, 3.8) is 0 Å². The molecule has 2 aromatic rings. The molecule has 0 saturated heterocycles. The topological polar surface area (TPSA) is 35.5 Å². The Hall–Kier alpha value is -1.94. The van der Waals surface area contributed by atoms with Gasteiger partial charge in [-0.25, -0.2) is 0 Å². The van der Waals surface area contributed by atoms with E-state index in [1.54, 1.807) is 7.11 Å². The van der Waals surface area contributed by atoms with Crippen molar-refractivity contribution < 1.29 is 14.3 Å². The Balaban J connectivity index is 1.88. The molecule has 0 fully saturated rings. The SMILES string of the molecule is CCCCCOc1ccc(C(=O)Sc2ccc(OC)cc2)cc1. The number of thioether (sulfide) groups is 1. The number of hydrogen-bond acceptors (Lipinski definition) is 4. The molecule has 0 saturated carbocycles. The number of carbonyl (C=O) groups excluding carboxylic acids is 1. The summed E-state index contributed by atoms with van der Waals surface area (Å²) in [6.07, 6.45) is 3.42. The summed E-state index contributed by atoms with van der Waals surface area (Å²) in [6.45, 7) is 2.89. The van der Waals surface area contributed by atoms with Crippen molar-refractivity contribution in [2.45, 2.75) is 31.1 Å². The van der Waals surface area contributed by atoms with Gasteiger partial charge in [0.05, 0.1) is 13.7 Å². The van der Waals surface area contributed by atoms with Crippen molar-refractivity contribution in [2.75, 3.05) is 13.7 Å². The Morgan fingerprint density at radius 1 is 0.957 bits per heavy atom. The molecule has 0 radical (unpaired) electrons. The molecule has 0 atom stereocenters. The summed E-state index contributed by atoms with van der Waals surface area (Å²) in [5.41, 5.74) is 0.673. The van der Waals surface area contributed by atoms with Gasteiger partial charge in [0, 0.05) is 10.5 Å². The first-order valence-corrected chi connectivity index (χ1v) is 8.63. The second kappa shape index (κ2) is 9.26. The standard InChI is InChI=1S/C19H22O3S/c1-3-4-5-14-22-17-8-6-15(7-9-17)19(20)23-18-12-10-16(21-2)11-13-18/h6-13H,3-5,14H2,1-2H3. The van der Waals surface area contributed by atoms with E-state index in [0.29, 0.717) is 5.56 Å². The van der Waals surface area contributed by atoms with E-state index in [1.807, 2.05) is 48.5 Å². The molecule has 0 spiro atoms. The maximum absolute atomic E-state index is 12.3. The largest absolute Gasteiger partial charge is 0.497 e. The zero-order valence-electron chi connectivity index (χ0n) is 13.6. The van der Waals surface area contributed by atoms with E-state index in [9.17, 15) is 4.79 Å². The fourth-order valence-electron chi connectivity index (χ4n) is 2.04. The summed E-state index contributed by atoms with van der Waals surface area (Å²) in [5.74, 6) is 1.60. The third-order valence-corrected chi connectivity index (χ3v) is 4.31. The molecule has 23 heavy (non-hydrogen) atoms. The molecule has 0 bridgehead atoms. The molecular formula is C19H22O3S. The molecule has 0 N–H and O–H groups in total. The van der Waals surface area contributed by atoms with Crippen LogP contribution in [0.4, 0.5) is 0 Å². The van der Waals surface area contributed by atoms with Gasteiger partial charge in [-0.3, -0.25) is 4.79 Å². The van der Waals surface area contributed by atoms with E-state index in [2.05, 4.69) is 6.92 Å². The number of hydrogen-bond donors (Lipinski definition) is 0. The predicted molar refractivity (Wildman–Crippen MR) is 94.6 cm³/mol. The number of rotatable bonds is 8. The second-order valence-corrected chi connectivity index (χ2v) is 6.19. The van der Waals surface area contributed by atoms with Gasteiger partial charge in [-0.05, 0) is 66.7 Å². The van der Waals surface area contributed by atoms with Gasteiger partial charge in [0.25, 0.3) is 0 Å². The minimum absolute atomic E-state index is 0.0210. The molecule has 3 nitrogen and oxygen atoms in total. The smallest absolute Gasteiger partial charge is 0.224 e. The number of benzene rings is 2. The second-order valence-electron chi connectivity index (χ2n) is 5.14. The highest BCUT2D eigenvalue weighted by atomic mass is 32.2. The molecule has 2 aromatic carbocycles. The van der Waals surface area contributed by atoms with E-state index in [1.165, 1.54) is 24.6 Å². The zero-order chi connectivity index (χ0) is 16.5. The normalized spacial score (nSPS) is 10.3. The summed E-state index contributed by atoms with van der Waals surface area (Å²) >= 11 is 1.21. The van der Waals surface area contributed by atoms with Gasteiger partial charge >= 0.3 is 0 Å². The minimum Gasteiger partial charge on any atom is -0.497 e. The fraction of sp³-hybridized carbons (Fsp3) is 0.316. The third kappa shape index (κ3) is 5.64. The fourth-order valence-corrected chi connectivity index (χ4v) is 2.78. The molecule has 0 heterocycles. The van der Waals surface area contributed by atoms with Crippen molar-refractivity contribution in [3.05, 3.63) is 54.1 Å². The maximum Gasteiger partial charge on any atom is 0.224 e. The Bertz CT molecular complexity index is 606. The molecule has 0 unspecified atom stereocenters. The van der Waals surface area contributed by atoms with Gasteiger partial charge < -0.3 is 9.47 Å². The van der Waals surface area contributed by atoms with Crippen LogP contribution in [-0.2, 0) is 0 Å². The highest BCUT2D eigenvalue weighted by Gasteiger charge is 2.08. The summed E-state index contributed by atoms with van der Waals surface area (Å²) in [5, 5.41) is 0.0210. The first kappa shape index (κ1) is 17.4. The number of methoxy groups -OCH3 is 1. The van der Waals surface area contributed by atoms with E-state index >= 15 is 0 Å². The quantitative estimate of drug-likeness (QED) is 0.492. The molecule has 0 aromatic heterocycles. The lowest BCUT2D eigenvalue weighted by Crippen LogP contribution is -1.98. The highest BCUT2D eigenvalue weighted by molar-refractivity contribution is 8.14. The van der Waals surface area contributed by atoms with Crippen molar-refractivity contribution in [3.8, 4) is 11.5 Å². The van der Waals surface area contributed by atoms with Crippen LogP contribution in [0, 0.1) is 0 Å². The molecule has 0 aliphatic heterocycles. The van der Waals surface area contributed by atoms with Crippen molar-refractivity contribution in [2.24, 2.45) is 0 Å². The molecular weight excluding hydrogens is 308 g/mol. The van der Waals surface area contributed by atoms with Gasteiger partial charge in [0.15, 0.2) is 0 Å². The first-order valence-electron chi connectivity index (χ1n) is 7.82. The zero-order valence-corrected chi connectivity index (χ0v) is 14.4. The van der Waals surface area contributed by atoms with Gasteiger partial charge in [-0.15, -0.1) is 0 Å². The summed E-state index contributed by atoms with van der Waals surface area (Å²) in [4.78, 5) is 13.2. The summed E-state index contributed by atoms with van der Waals surface area (Å²) in [6, 6.07) is 14.8. The van der Waals surface area contributed by atoms with Crippen molar-refractivity contribution >= 4 is 16.9 Å². The van der Waals surface area contributed by atoms with E-state index in [4.69, 9.17) is 9.47 Å². The van der Waals surface area contributed by atoms with Crippen LogP contribution >= 0.6 is 11.8 Å². The van der Waals surface area contributed by atoms with Crippen LogP contribution in [0.5, 0.6) is 11.5 Å². The van der Waals surface area contributed by atoms with Crippen LogP contribution in [0.2, 0.25) is 0 Å². The molecule has 2 rings (SSSR count). The van der Waals surface area contributed by atoms with E-state index < -0.39 is 0 Å². The number of unbranched alkanes of at least 4 members (excludes halogenated alkanes) is 2. The van der Waals surface area contributed by atoms with Crippen molar-refractivity contribution in [1.82, 2.24) is 0 Å². The Morgan fingerprint density at radius 3 is 2.22 bits per heavy atom. The Morgan fingerprint density at radius 2 is 1.61 bits per heavy atom. The van der Waals surface area contributed by atoms with Gasteiger partial charge in [0.1, 0.15) is 11.5 Å². The molecule has 0 amide bonds. The van der Waals surface area contributed by atoms with E-state index in [-0.39, 0.29) is 5.12 Å². The predicted octanol–water partition coefficient (Wildman–Crippen LogP) is 5.20. The lowest BCUT2D eigenvalue weighted by atomic mass is 10.2. The van der Waals surface area contributed by atoms with Gasteiger partial charge in [-0.2, -0.15) is 0 Å². The monoisotopic (exact) mass is 330 g/mol. The lowest BCUT2D eigenvalue weighted by molar-refractivity contribution is 0.108. The van der Waals surface area contributed by atoms with Gasteiger partial charge in [0.2, 0.25) is 5.12 Å². The lowest BCUT2D eigenvalue weighted by Gasteiger charge is -2.07. The average Bonchev–Trinajstić information content (AvgIpc) is 2.60. The average molecular weight is 330 g/mol. The summed E-state index contributed by atoms with van der Waals surface area (Å²) < 4.78 is 10.8.